The van der Waals surface area contributed by atoms with Crippen LogP contribution in [0.3, 0.4) is 0 Å². The van der Waals surface area contributed by atoms with Crippen LogP contribution in [-0.4, -0.2) is 38.9 Å². The van der Waals surface area contributed by atoms with E-state index in [1.54, 1.807) is 23.1 Å². The van der Waals surface area contributed by atoms with Crippen molar-refractivity contribution in [2.45, 2.75) is 25.6 Å². The number of nitrogens with one attached hydrogen (secondary N) is 1. The largest absolute Gasteiger partial charge is 0.350 e. The van der Waals surface area contributed by atoms with Crippen LogP contribution in [0.15, 0.2) is 91.3 Å². The number of carbonyl (C=O) groups excluding carboxylic acids is 2. The molecule has 0 radical (unpaired) electrons. The summed E-state index contributed by atoms with van der Waals surface area (Å²) in [6, 6.07) is 22.4. The number of halogens is 2. The molecule has 0 fully saturated rings. The number of anilines is 1. The number of amides is 2. The molecule has 3 heterocycles. The van der Waals surface area contributed by atoms with E-state index in [0.29, 0.717) is 17.1 Å². The highest BCUT2D eigenvalue weighted by Gasteiger charge is 2.38. The molecule has 0 aliphatic carbocycles. The Hall–Kier alpha value is -4.83. The minimum atomic E-state index is -0.720. The lowest BCUT2D eigenvalue weighted by Gasteiger charge is -2.24. The smallest absolute Gasteiger partial charge is 0.240 e. The van der Waals surface area contributed by atoms with Crippen LogP contribution in [0, 0.1) is 25.5 Å². The standard InChI is InChI=1S/C34H29F2N5O2S/c1-21-8-6-12-28(22(21)2)41-34-31(32(39-41)24-10-4-3-5-11-24)33(26-14-13-25(35)16-27(26)36)44-20-30(43)40(34)19-29(42)38-18-23-9-7-15-37-17-23/h3-17,33H,18-20H2,1-2H3,(H,38,42)/t33-/m0/s1. The zero-order valence-corrected chi connectivity index (χ0v) is 24.9. The SMILES string of the molecule is Cc1cccc(-n2nc(-c3ccccc3)c3c2N(CC(=O)NCc2cccnc2)C(=O)CS[C@H]3c2ccc(F)cc2F)c1C. The molecule has 1 atom stereocenters. The lowest BCUT2D eigenvalue weighted by Crippen LogP contribution is -2.42. The van der Waals surface area contributed by atoms with Crippen LogP contribution < -0.4 is 10.2 Å². The summed E-state index contributed by atoms with van der Waals surface area (Å²) in [5.41, 5.74) is 5.59. The van der Waals surface area contributed by atoms with Gasteiger partial charge in [-0.05, 0) is 48.7 Å². The van der Waals surface area contributed by atoms with Gasteiger partial charge in [-0.25, -0.2) is 13.5 Å². The molecule has 44 heavy (non-hydrogen) atoms. The van der Waals surface area contributed by atoms with Crippen LogP contribution in [0.1, 0.15) is 33.1 Å². The van der Waals surface area contributed by atoms with Crippen molar-refractivity contribution in [2.75, 3.05) is 17.2 Å². The molecule has 6 rings (SSSR count). The second-order valence-electron chi connectivity index (χ2n) is 10.6. The molecule has 10 heteroatoms. The minimum absolute atomic E-state index is 0.0346. The van der Waals surface area contributed by atoms with Crippen LogP contribution in [0.4, 0.5) is 14.6 Å². The second-order valence-corrected chi connectivity index (χ2v) is 11.7. The first-order valence-corrected chi connectivity index (χ1v) is 15.1. The molecule has 2 aromatic heterocycles. The summed E-state index contributed by atoms with van der Waals surface area (Å²) >= 11 is 1.23. The van der Waals surface area contributed by atoms with E-state index in [4.69, 9.17) is 5.10 Å². The fourth-order valence-electron chi connectivity index (χ4n) is 5.32. The Morgan fingerprint density at radius 2 is 1.84 bits per heavy atom. The monoisotopic (exact) mass is 609 g/mol. The normalized spacial score (nSPS) is 14.7. The second kappa shape index (κ2) is 12.4. The van der Waals surface area contributed by atoms with Crippen molar-refractivity contribution in [3.05, 3.63) is 131 Å². The van der Waals surface area contributed by atoms with Gasteiger partial charge in [0.1, 0.15) is 24.0 Å². The number of pyridine rings is 1. The van der Waals surface area contributed by atoms with Gasteiger partial charge in [0.2, 0.25) is 11.8 Å². The first-order valence-electron chi connectivity index (χ1n) is 14.1. The predicted octanol–water partition coefficient (Wildman–Crippen LogP) is 6.31. The Balaban J connectivity index is 1.56. The Labute approximate surface area is 257 Å². The summed E-state index contributed by atoms with van der Waals surface area (Å²) in [5.74, 6) is -1.78. The van der Waals surface area contributed by atoms with Gasteiger partial charge in [-0.2, -0.15) is 5.10 Å². The van der Waals surface area contributed by atoms with E-state index < -0.39 is 16.9 Å². The van der Waals surface area contributed by atoms with Gasteiger partial charge in [0.25, 0.3) is 0 Å². The Kier molecular flexibility index (Phi) is 8.25. The van der Waals surface area contributed by atoms with Crippen molar-refractivity contribution >= 4 is 29.4 Å². The highest BCUT2D eigenvalue weighted by molar-refractivity contribution is 8.00. The summed E-state index contributed by atoms with van der Waals surface area (Å²) in [4.78, 5) is 32.8. The molecule has 0 bridgehead atoms. The fraction of sp³-hybridized carbons (Fsp3) is 0.176. The molecule has 1 aliphatic heterocycles. The molecule has 0 spiro atoms. The van der Waals surface area contributed by atoms with E-state index >= 15 is 4.39 Å². The van der Waals surface area contributed by atoms with E-state index in [-0.39, 0.29) is 36.2 Å². The van der Waals surface area contributed by atoms with E-state index in [1.165, 1.54) is 28.8 Å². The van der Waals surface area contributed by atoms with E-state index in [0.717, 1.165) is 34.0 Å². The lowest BCUT2D eigenvalue weighted by atomic mass is 9.99. The van der Waals surface area contributed by atoms with Gasteiger partial charge in [-0.3, -0.25) is 19.5 Å². The highest BCUT2D eigenvalue weighted by Crippen LogP contribution is 2.49. The number of thioether (sulfide) groups is 1. The quantitative estimate of drug-likeness (QED) is 0.234. The topological polar surface area (TPSA) is 80.1 Å². The molecule has 7 nitrogen and oxygen atoms in total. The van der Waals surface area contributed by atoms with Crippen LogP contribution in [0.25, 0.3) is 16.9 Å². The molecule has 222 valence electrons. The number of carbonyl (C=O) groups is 2. The molecular weight excluding hydrogens is 580 g/mol. The summed E-state index contributed by atoms with van der Waals surface area (Å²) in [6.07, 6.45) is 3.31. The Morgan fingerprint density at radius 3 is 2.59 bits per heavy atom. The van der Waals surface area contributed by atoms with Crippen molar-refractivity contribution in [1.29, 1.82) is 0 Å². The van der Waals surface area contributed by atoms with Gasteiger partial charge >= 0.3 is 0 Å². The van der Waals surface area contributed by atoms with Crippen molar-refractivity contribution in [2.24, 2.45) is 0 Å². The van der Waals surface area contributed by atoms with Gasteiger partial charge in [-0.1, -0.05) is 54.6 Å². The first kappa shape index (κ1) is 29.3. The molecule has 2 amide bonds. The first-order chi connectivity index (χ1) is 21.3. The van der Waals surface area contributed by atoms with Crippen LogP contribution >= 0.6 is 11.8 Å². The minimum Gasteiger partial charge on any atom is -0.350 e. The van der Waals surface area contributed by atoms with Gasteiger partial charge in [0.15, 0.2) is 0 Å². The molecule has 1 aliphatic rings. The molecule has 3 aromatic carbocycles. The van der Waals surface area contributed by atoms with Crippen molar-refractivity contribution in [1.82, 2.24) is 20.1 Å². The molecular formula is C34H29F2N5O2S. The molecule has 5 aromatic rings. The Morgan fingerprint density at radius 1 is 1.02 bits per heavy atom. The maximum atomic E-state index is 15.5. The van der Waals surface area contributed by atoms with Gasteiger partial charge in [0, 0.05) is 41.7 Å². The third-order valence-electron chi connectivity index (χ3n) is 7.70. The number of hydrogen-bond donors (Lipinski definition) is 1. The van der Waals surface area contributed by atoms with Gasteiger partial charge < -0.3 is 5.32 Å². The zero-order chi connectivity index (χ0) is 30.8. The average Bonchev–Trinajstić information content (AvgIpc) is 3.35. The van der Waals surface area contributed by atoms with Crippen molar-refractivity contribution < 1.29 is 18.4 Å². The Bertz CT molecular complexity index is 1850. The molecule has 0 unspecified atom stereocenters. The lowest BCUT2D eigenvalue weighted by molar-refractivity contribution is -0.123. The van der Waals surface area contributed by atoms with E-state index in [2.05, 4.69) is 10.3 Å². The van der Waals surface area contributed by atoms with Crippen molar-refractivity contribution in [3.63, 3.8) is 0 Å². The number of hydrogen-bond acceptors (Lipinski definition) is 5. The average molecular weight is 610 g/mol. The summed E-state index contributed by atoms with van der Waals surface area (Å²) in [7, 11) is 0. The van der Waals surface area contributed by atoms with E-state index in [1.807, 2.05) is 68.4 Å². The highest BCUT2D eigenvalue weighted by atomic mass is 32.2. The third-order valence-corrected chi connectivity index (χ3v) is 8.94. The number of nitrogens with zero attached hydrogens (tertiary/aromatic N) is 4. The zero-order valence-electron chi connectivity index (χ0n) is 24.1. The van der Waals surface area contributed by atoms with E-state index in [9.17, 15) is 14.0 Å². The van der Waals surface area contributed by atoms with Gasteiger partial charge in [0.05, 0.1) is 22.4 Å². The maximum Gasteiger partial charge on any atom is 0.240 e. The number of fused-ring (bicyclic) bond motifs is 1. The van der Waals surface area contributed by atoms with Crippen LogP contribution in [0.2, 0.25) is 0 Å². The maximum absolute atomic E-state index is 15.5. The number of rotatable bonds is 7. The molecule has 0 saturated carbocycles. The van der Waals surface area contributed by atoms with Gasteiger partial charge in [-0.15, -0.1) is 11.8 Å². The van der Waals surface area contributed by atoms with Crippen molar-refractivity contribution in [3.8, 4) is 16.9 Å². The number of aromatic nitrogens is 3. The number of aryl methyl sites for hydroxylation is 1. The summed E-state index contributed by atoms with van der Waals surface area (Å²) < 4.78 is 31.2. The summed E-state index contributed by atoms with van der Waals surface area (Å²) in [6.45, 7) is 3.91. The predicted molar refractivity (Wildman–Crippen MR) is 168 cm³/mol. The summed E-state index contributed by atoms with van der Waals surface area (Å²) in [5, 5.41) is 7.23. The third kappa shape index (κ3) is 5.72. The fourth-order valence-corrected chi connectivity index (χ4v) is 6.54. The molecule has 1 N–H and O–H groups in total. The number of benzene rings is 3. The van der Waals surface area contributed by atoms with Crippen LogP contribution in [0.5, 0.6) is 0 Å². The molecule has 0 saturated heterocycles. The van der Waals surface area contributed by atoms with Crippen LogP contribution in [-0.2, 0) is 16.1 Å².